The predicted octanol–water partition coefficient (Wildman–Crippen LogP) is 4.36. The van der Waals surface area contributed by atoms with Crippen LogP contribution in [-0.2, 0) is 27.9 Å². The van der Waals surface area contributed by atoms with E-state index in [9.17, 15) is 9.36 Å². The first-order valence-electron chi connectivity index (χ1n) is 10.0. The molecule has 0 aromatic rings. The van der Waals surface area contributed by atoms with E-state index in [0.717, 1.165) is 57.1 Å². The molecule has 1 unspecified atom stereocenters. The highest BCUT2D eigenvalue weighted by Gasteiger charge is 2.33. The van der Waals surface area contributed by atoms with E-state index in [1.54, 1.807) is 0 Å². The first-order chi connectivity index (χ1) is 13.0. The van der Waals surface area contributed by atoms with Crippen LogP contribution in [0.15, 0.2) is 0 Å². The quantitative estimate of drug-likeness (QED) is 0.252. The second-order valence-corrected chi connectivity index (χ2v) is 12.7. The average Bonchev–Trinajstić information content (AvgIpc) is 2.61. The lowest BCUT2D eigenvalue weighted by Gasteiger charge is -2.30. The van der Waals surface area contributed by atoms with Gasteiger partial charge < -0.3 is 14.0 Å². The van der Waals surface area contributed by atoms with Gasteiger partial charge in [-0.25, -0.2) is 4.57 Å². The van der Waals surface area contributed by atoms with Crippen LogP contribution in [-0.4, -0.2) is 68.3 Å². The summed E-state index contributed by atoms with van der Waals surface area (Å²) in [5, 5.41) is 0. The van der Waals surface area contributed by atoms with Crippen LogP contribution in [0.25, 0.3) is 0 Å². The van der Waals surface area contributed by atoms with E-state index in [0.29, 0.717) is 12.4 Å². The molecule has 0 amide bonds. The fourth-order valence-corrected chi connectivity index (χ4v) is 6.28. The Labute approximate surface area is 174 Å². The maximum atomic E-state index is 12.9. The van der Waals surface area contributed by atoms with Crippen molar-refractivity contribution in [2.75, 3.05) is 51.8 Å². The number of rotatable bonds is 12. The van der Waals surface area contributed by atoms with Crippen molar-refractivity contribution in [1.82, 2.24) is 4.90 Å². The van der Waals surface area contributed by atoms with Gasteiger partial charge in [-0.05, 0) is 65.4 Å². The molecule has 0 aliphatic carbocycles. The molecule has 1 rings (SSSR count). The lowest BCUT2D eigenvalue weighted by molar-refractivity contribution is -0.153. The van der Waals surface area contributed by atoms with Crippen LogP contribution in [0.5, 0.6) is 0 Å². The van der Waals surface area contributed by atoms with Gasteiger partial charge in [0.2, 0.25) is 0 Å². The molecule has 1 saturated heterocycles. The zero-order chi connectivity index (χ0) is 21.3. The Morgan fingerprint density at radius 1 is 1.14 bits per heavy atom. The number of carbonyl (C=O) groups is 1. The van der Waals surface area contributed by atoms with E-state index in [2.05, 4.69) is 4.90 Å². The van der Waals surface area contributed by atoms with E-state index in [4.69, 9.17) is 18.5 Å². The van der Waals surface area contributed by atoms with Gasteiger partial charge in [0, 0.05) is 18.8 Å². The zero-order valence-corrected chi connectivity index (χ0v) is 20.0. The van der Waals surface area contributed by atoms with Gasteiger partial charge in [0.1, 0.15) is 6.61 Å². The Hall–Kier alpha value is -0.110. The minimum Gasteiger partial charge on any atom is -0.464 e. The molecule has 1 aliphatic rings. The summed E-state index contributed by atoms with van der Waals surface area (Å²) in [4.78, 5) is 14.8. The molecule has 0 N–H and O–H groups in total. The highest BCUT2D eigenvalue weighted by Crippen LogP contribution is 2.62. The molecule has 0 aromatic heterocycles. The molecule has 166 valence electrons. The highest BCUT2D eigenvalue weighted by molar-refractivity contribution is 8.55. The van der Waals surface area contributed by atoms with E-state index in [1.165, 1.54) is 0 Å². The lowest BCUT2D eigenvalue weighted by atomic mass is 9.89. The number of nitrogens with zero attached hydrogens (tertiary/aromatic N) is 1. The van der Waals surface area contributed by atoms with E-state index >= 15 is 0 Å². The highest BCUT2D eigenvalue weighted by atomic mass is 32.7. The van der Waals surface area contributed by atoms with Gasteiger partial charge in [-0.15, -0.1) is 0 Å². The van der Waals surface area contributed by atoms with Crippen molar-refractivity contribution in [3.05, 3.63) is 0 Å². The predicted molar refractivity (Wildman–Crippen MR) is 114 cm³/mol. The first kappa shape index (κ1) is 25.9. The van der Waals surface area contributed by atoms with Crippen LogP contribution >= 0.6 is 18.2 Å². The molecule has 1 fully saturated rings. The van der Waals surface area contributed by atoms with E-state index in [1.807, 2.05) is 41.5 Å². The molecular formula is C19H38NO6PS. The van der Waals surface area contributed by atoms with Crippen LogP contribution < -0.4 is 0 Å². The Morgan fingerprint density at radius 3 is 2.36 bits per heavy atom. The van der Waals surface area contributed by atoms with E-state index < -0.39 is 17.8 Å². The average molecular weight is 440 g/mol. The second-order valence-electron chi connectivity index (χ2n) is 8.54. The largest absolute Gasteiger partial charge is 0.464 e. The maximum Gasteiger partial charge on any atom is 0.389 e. The molecule has 0 bridgehead atoms. The van der Waals surface area contributed by atoms with Crippen LogP contribution in [0.2, 0.25) is 0 Å². The summed E-state index contributed by atoms with van der Waals surface area (Å²) in [5.41, 5.74) is -1.14. The minimum absolute atomic E-state index is 0.178. The smallest absolute Gasteiger partial charge is 0.389 e. The lowest BCUT2D eigenvalue weighted by Crippen LogP contribution is -2.39. The zero-order valence-electron chi connectivity index (χ0n) is 18.3. The van der Waals surface area contributed by atoms with Crippen molar-refractivity contribution in [2.24, 2.45) is 5.41 Å². The molecule has 7 nitrogen and oxygen atoms in total. The summed E-state index contributed by atoms with van der Waals surface area (Å²) in [5.74, 6) is 0.130. The normalized spacial score (nSPS) is 18.6. The van der Waals surface area contributed by atoms with Crippen LogP contribution in [0.1, 0.15) is 54.4 Å². The van der Waals surface area contributed by atoms with Crippen molar-refractivity contribution < 1.29 is 27.9 Å². The van der Waals surface area contributed by atoms with Gasteiger partial charge in [0.25, 0.3) is 0 Å². The van der Waals surface area contributed by atoms with Crippen LogP contribution in [0.4, 0.5) is 0 Å². The molecular weight excluding hydrogens is 401 g/mol. The summed E-state index contributed by atoms with van der Waals surface area (Å²) < 4.78 is 34.8. The standard InChI is InChI=1S/C19H38NO6PS/c1-7-12-25-27(22,26-18(2,3)4)28-16-15-24-17(21)19(5,6)8-9-20-10-13-23-14-11-20/h7-16H2,1-6H3. The Morgan fingerprint density at radius 2 is 1.79 bits per heavy atom. The summed E-state index contributed by atoms with van der Waals surface area (Å²) in [7, 11) is 0. The third-order valence-electron chi connectivity index (χ3n) is 4.11. The Balaban J connectivity index is 2.39. The third kappa shape index (κ3) is 10.6. The van der Waals surface area contributed by atoms with Crippen molar-refractivity contribution >= 4 is 24.1 Å². The molecule has 1 aliphatic heterocycles. The molecule has 0 saturated carbocycles. The fourth-order valence-electron chi connectivity index (χ4n) is 2.47. The molecule has 28 heavy (non-hydrogen) atoms. The summed E-state index contributed by atoms with van der Waals surface area (Å²) >= 11 is 1.09. The topological polar surface area (TPSA) is 74.3 Å². The fraction of sp³-hybridized carbons (Fsp3) is 0.947. The van der Waals surface area contributed by atoms with Crippen molar-refractivity contribution in [3.8, 4) is 0 Å². The summed E-state index contributed by atoms with van der Waals surface area (Å²) in [6, 6.07) is 0. The Kier molecular flexibility index (Phi) is 11.0. The van der Waals surface area contributed by atoms with Crippen molar-refractivity contribution in [3.63, 3.8) is 0 Å². The van der Waals surface area contributed by atoms with Gasteiger partial charge >= 0.3 is 12.8 Å². The van der Waals surface area contributed by atoms with Crippen molar-refractivity contribution in [2.45, 2.75) is 60.0 Å². The summed E-state index contributed by atoms with van der Waals surface area (Å²) in [6.45, 7) is 12.7. The SMILES string of the molecule is CCCOP(=O)(OC(C)(C)C)SCCOC(=O)C(C)(C)CCN1CCOCC1. The molecule has 0 spiro atoms. The molecule has 1 atom stereocenters. The number of hydrogen-bond donors (Lipinski definition) is 0. The van der Waals surface area contributed by atoms with Gasteiger partial charge in [-0.2, -0.15) is 0 Å². The summed E-state index contributed by atoms with van der Waals surface area (Å²) in [6.07, 6.45) is 1.48. The number of esters is 1. The minimum atomic E-state index is -3.28. The van der Waals surface area contributed by atoms with Gasteiger partial charge in [-0.1, -0.05) is 6.92 Å². The van der Waals surface area contributed by atoms with Gasteiger partial charge in [0.15, 0.2) is 0 Å². The Bertz CT molecular complexity index is 517. The molecule has 9 heteroatoms. The maximum absolute atomic E-state index is 12.9. The first-order valence-corrected chi connectivity index (χ1v) is 13.2. The number of ether oxygens (including phenoxy) is 2. The molecule has 0 aromatic carbocycles. The van der Waals surface area contributed by atoms with Gasteiger partial charge in [0.05, 0.1) is 30.8 Å². The monoisotopic (exact) mass is 439 g/mol. The number of carbonyl (C=O) groups excluding carboxylic acids is 1. The van der Waals surface area contributed by atoms with Gasteiger partial charge in [-0.3, -0.25) is 14.2 Å². The molecule has 1 heterocycles. The number of morpholine rings is 1. The van der Waals surface area contributed by atoms with Crippen LogP contribution in [0, 0.1) is 5.41 Å². The van der Waals surface area contributed by atoms with E-state index in [-0.39, 0.29) is 12.6 Å². The third-order valence-corrected chi connectivity index (χ3v) is 8.09. The van der Waals surface area contributed by atoms with Crippen molar-refractivity contribution in [1.29, 1.82) is 0 Å². The second kappa shape index (κ2) is 11.9. The molecule has 0 radical (unpaired) electrons. The van der Waals surface area contributed by atoms with Crippen LogP contribution in [0.3, 0.4) is 0 Å². The number of hydrogen-bond acceptors (Lipinski definition) is 8.